The van der Waals surface area contributed by atoms with Crippen molar-refractivity contribution in [3.05, 3.63) is 95.1 Å². The van der Waals surface area contributed by atoms with Crippen LogP contribution in [0.4, 0.5) is 0 Å². The van der Waals surface area contributed by atoms with E-state index < -0.39 is 6.10 Å². The third kappa shape index (κ3) is 5.05. The van der Waals surface area contributed by atoms with E-state index in [1.807, 2.05) is 58.0 Å². The molecule has 0 spiro atoms. The number of rotatable bonds is 8. The second-order valence-electron chi connectivity index (χ2n) is 13.3. The molecule has 7 rings (SSSR count). The number of fused-ring (bicyclic) bond motifs is 2. The Kier molecular flexibility index (Phi) is 7.35. The summed E-state index contributed by atoms with van der Waals surface area (Å²) in [5, 5.41) is 21.9. The van der Waals surface area contributed by atoms with Gasteiger partial charge in [0.25, 0.3) is 0 Å². The number of aryl methyl sites for hydroxylation is 1. The smallest absolute Gasteiger partial charge is 0.312 e. The van der Waals surface area contributed by atoms with Crippen molar-refractivity contribution >= 4 is 16.9 Å². The van der Waals surface area contributed by atoms with Crippen molar-refractivity contribution in [3.8, 4) is 16.9 Å². The highest BCUT2D eigenvalue weighted by Crippen LogP contribution is 2.64. The molecule has 0 amide bonds. The van der Waals surface area contributed by atoms with Crippen molar-refractivity contribution in [2.75, 3.05) is 7.11 Å². The number of hydrogen-bond acceptors (Lipinski definition) is 6. The van der Waals surface area contributed by atoms with Gasteiger partial charge in [-0.25, -0.2) is 4.68 Å². The van der Waals surface area contributed by atoms with Crippen molar-refractivity contribution in [3.63, 3.8) is 0 Å². The summed E-state index contributed by atoms with van der Waals surface area (Å²) in [5.74, 6) is 0.980. The molecule has 0 radical (unpaired) electrons. The number of aliphatic hydroxyl groups is 1. The molecular formula is C37H41N5O3. The topological polar surface area (TPSA) is 95.1 Å². The Morgan fingerprint density at radius 2 is 1.87 bits per heavy atom. The minimum atomic E-state index is -0.650. The molecule has 3 aromatic heterocycles. The van der Waals surface area contributed by atoms with Crippen LogP contribution in [0.5, 0.6) is 0 Å². The van der Waals surface area contributed by atoms with Gasteiger partial charge in [-0.3, -0.25) is 14.5 Å². The van der Waals surface area contributed by atoms with Gasteiger partial charge in [0.1, 0.15) is 0 Å². The average Bonchev–Trinajstić information content (AvgIpc) is 3.49. The molecule has 3 heterocycles. The van der Waals surface area contributed by atoms with Gasteiger partial charge >= 0.3 is 5.97 Å². The van der Waals surface area contributed by atoms with Crippen LogP contribution in [0.1, 0.15) is 85.7 Å². The number of carbonyl (C=O) groups is 1. The number of pyridine rings is 1. The summed E-state index contributed by atoms with van der Waals surface area (Å²) >= 11 is 0. The summed E-state index contributed by atoms with van der Waals surface area (Å²) < 4.78 is 8.99. The summed E-state index contributed by atoms with van der Waals surface area (Å²) in [6, 6.07) is 20.2. The number of benzene rings is 2. The van der Waals surface area contributed by atoms with Crippen LogP contribution < -0.4 is 0 Å². The molecule has 0 saturated heterocycles. The predicted molar refractivity (Wildman–Crippen MR) is 174 cm³/mol. The maximum Gasteiger partial charge on any atom is 0.312 e. The molecule has 2 aromatic carbocycles. The average molecular weight is 604 g/mol. The van der Waals surface area contributed by atoms with E-state index in [1.54, 1.807) is 0 Å². The van der Waals surface area contributed by atoms with E-state index in [0.29, 0.717) is 18.4 Å². The highest BCUT2D eigenvalue weighted by Gasteiger charge is 2.62. The molecule has 1 unspecified atom stereocenters. The zero-order valence-electron chi connectivity index (χ0n) is 26.7. The van der Waals surface area contributed by atoms with E-state index in [4.69, 9.17) is 19.9 Å². The Hall–Kier alpha value is -4.30. The fraction of sp³-hybridized carbons (Fsp3) is 0.405. The van der Waals surface area contributed by atoms with Gasteiger partial charge in [-0.05, 0) is 75.1 Å². The Morgan fingerprint density at radius 1 is 1.07 bits per heavy atom. The summed E-state index contributed by atoms with van der Waals surface area (Å²) in [4.78, 5) is 17.5. The number of ether oxygens (including phenoxy) is 1. The zero-order chi connectivity index (χ0) is 31.5. The highest BCUT2D eigenvalue weighted by molar-refractivity contribution is 5.94. The van der Waals surface area contributed by atoms with E-state index in [1.165, 1.54) is 12.7 Å². The first kappa shape index (κ1) is 29.4. The molecule has 0 aliphatic heterocycles. The molecule has 45 heavy (non-hydrogen) atoms. The first-order valence-corrected chi connectivity index (χ1v) is 16.1. The van der Waals surface area contributed by atoms with Gasteiger partial charge in [-0.1, -0.05) is 56.3 Å². The number of aromatic nitrogens is 5. The van der Waals surface area contributed by atoms with Crippen molar-refractivity contribution in [2.45, 2.75) is 77.9 Å². The van der Waals surface area contributed by atoms with Gasteiger partial charge in [0.15, 0.2) is 0 Å². The molecule has 0 bridgehead atoms. The second-order valence-corrected chi connectivity index (χ2v) is 13.3. The molecule has 2 saturated carbocycles. The molecule has 2 fully saturated rings. The second kappa shape index (κ2) is 11.2. The van der Waals surface area contributed by atoms with E-state index in [-0.39, 0.29) is 17.3 Å². The Balaban J connectivity index is 1.20. The van der Waals surface area contributed by atoms with Crippen LogP contribution in [0.15, 0.2) is 66.9 Å². The van der Waals surface area contributed by atoms with Gasteiger partial charge in [0, 0.05) is 40.0 Å². The summed E-state index contributed by atoms with van der Waals surface area (Å²) in [6.07, 6.45) is 5.15. The lowest BCUT2D eigenvalue weighted by molar-refractivity contribution is -0.148. The minimum Gasteiger partial charge on any atom is -0.469 e. The van der Waals surface area contributed by atoms with Crippen LogP contribution in [0, 0.1) is 25.2 Å². The standard InChI is InChI=1S/C37H41N5O3/c1-22(2)34-24(4)42(32-15-14-30(38-23(32)3)26-16-17-37(36(44)45-5)19-27(37)18-26)40-35(34)28-12-9-13-31-29(28)20-41(39-31)21-33(43)25-10-7-6-8-11-25/h6-15,20,22,26-27,33,43H,16-19,21H2,1-5H3/t26?,27-,33+,37-/m1/s1. The maximum absolute atomic E-state index is 12.3. The monoisotopic (exact) mass is 603 g/mol. The number of aliphatic hydroxyl groups excluding tert-OH is 1. The van der Waals surface area contributed by atoms with Gasteiger partial charge in [0.05, 0.1) is 47.8 Å². The van der Waals surface area contributed by atoms with E-state index >= 15 is 0 Å². The molecule has 8 heteroatoms. The lowest BCUT2D eigenvalue weighted by atomic mass is 9.80. The molecule has 232 valence electrons. The van der Waals surface area contributed by atoms with Crippen LogP contribution in [-0.2, 0) is 16.1 Å². The van der Waals surface area contributed by atoms with Crippen LogP contribution in [-0.4, -0.2) is 42.7 Å². The molecule has 2 aliphatic rings. The Morgan fingerprint density at radius 3 is 2.58 bits per heavy atom. The maximum atomic E-state index is 12.3. The number of methoxy groups -OCH3 is 1. The summed E-state index contributed by atoms with van der Waals surface area (Å²) in [7, 11) is 1.50. The fourth-order valence-electron chi connectivity index (χ4n) is 7.73. The third-order valence-electron chi connectivity index (χ3n) is 10.2. The minimum absolute atomic E-state index is 0.0378. The van der Waals surface area contributed by atoms with Crippen LogP contribution in [0.2, 0.25) is 0 Å². The first-order chi connectivity index (χ1) is 21.7. The van der Waals surface area contributed by atoms with Crippen molar-refractivity contribution in [2.24, 2.45) is 11.3 Å². The van der Waals surface area contributed by atoms with Crippen LogP contribution >= 0.6 is 0 Å². The zero-order valence-corrected chi connectivity index (χ0v) is 26.7. The number of hydrogen-bond donors (Lipinski definition) is 1. The van der Waals surface area contributed by atoms with E-state index in [9.17, 15) is 9.90 Å². The van der Waals surface area contributed by atoms with Gasteiger partial charge in [0.2, 0.25) is 0 Å². The van der Waals surface area contributed by atoms with Crippen LogP contribution in [0.3, 0.4) is 0 Å². The molecule has 5 aromatic rings. The van der Waals surface area contributed by atoms with Gasteiger partial charge < -0.3 is 9.84 Å². The lowest BCUT2D eigenvalue weighted by Gasteiger charge is -2.26. The SMILES string of the molecule is COC(=O)[C@@]12CCC(c3ccc(-n4nc(-c5cccc6nn(C[C@H](O)c7ccccc7)cc56)c(C(C)C)c4C)c(C)n3)C[C@@H]1C2. The van der Waals surface area contributed by atoms with Crippen molar-refractivity contribution in [1.29, 1.82) is 0 Å². The van der Waals surface area contributed by atoms with E-state index in [0.717, 1.165) is 76.2 Å². The fourth-order valence-corrected chi connectivity index (χ4v) is 7.73. The lowest BCUT2D eigenvalue weighted by Crippen LogP contribution is -2.25. The largest absolute Gasteiger partial charge is 0.469 e. The third-order valence-corrected chi connectivity index (χ3v) is 10.2. The Labute approximate surface area is 264 Å². The van der Waals surface area contributed by atoms with Gasteiger partial charge in [-0.2, -0.15) is 10.2 Å². The number of carbonyl (C=O) groups excluding carboxylic acids is 1. The summed E-state index contributed by atoms with van der Waals surface area (Å²) in [5.41, 5.74) is 8.79. The molecule has 8 nitrogen and oxygen atoms in total. The molecule has 4 atom stereocenters. The molecular weight excluding hydrogens is 562 g/mol. The summed E-state index contributed by atoms with van der Waals surface area (Å²) in [6.45, 7) is 8.99. The van der Waals surface area contributed by atoms with E-state index in [2.05, 4.69) is 45.9 Å². The molecule has 2 aliphatic carbocycles. The first-order valence-electron chi connectivity index (χ1n) is 16.1. The highest BCUT2D eigenvalue weighted by atomic mass is 16.5. The van der Waals surface area contributed by atoms with Crippen molar-refractivity contribution < 1.29 is 14.6 Å². The van der Waals surface area contributed by atoms with Gasteiger partial charge in [-0.15, -0.1) is 0 Å². The quantitative estimate of drug-likeness (QED) is 0.189. The number of esters is 1. The number of nitrogens with zero attached hydrogens (tertiary/aromatic N) is 5. The molecule has 1 N–H and O–H groups in total. The normalized spacial score (nSPS) is 21.6. The Bertz CT molecular complexity index is 1890. The van der Waals surface area contributed by atoms with Crippen LogP contribution in [0.25, 0.3) is 27.8 Å². The predicted octanol–water partition coefficient (Wildman–Crippen LogP) is 7.20. The van der Waals surface area contributed by atoms with Crippen molar-refractivity contribution in [1.82, 2.24) is 24.5 Å².